The van der Waals surface area contributed by atoms with Crippen molar-refractivity contribution in [2.24, 2.45) is 5.41 Å². The van der Waals surface area contributed by atoms with E-state index in [1.165, 1.54) is 18.3 Å². The summed E-state index contributed by atoms with van der Waals surface area (Å²) in [5, 5.41) is 6.62. The van der Waals surface area contributed by atoms with Crippen molar-refractivity contribution in [1.82, 2.24) is 20.5 Å². The Kier molecular flexibility index (Phi) is 6.01. The van der Waals surface area contributed by atoms with E-state index in [1.807, 2.05) is 4.90 Å². The zero-order chi connectivity index (χ0) is 23.0. The minimum atomic E-state index is -0.830. The predicted octanol–water partition coefficient (Wildman–Crippen LogP) is 2.74. The van der Waals surface area contributed by atoms with Crippen LogP contribution in [0.4, 0.5) is 13.2 Å². The van der Waals surface area contributed by atoms with Crippen LogP contribution in [0.1, 0.15) is 36.3 Å². The molecule has 0 bridgehead atoms. The summed E-state index contributed by atoms with van der Waals surface area (Å²) in [5.74, 6) is -2.43. The molecule has 2 aliphatic heterocycles. The van der Waals surface area contributed by atoms with Crippen molar-refractivity contribution in [1.29, 1.82) is 0 Å². The van der Waals surface area contributed by atoms with Crippen LogP contribution in [0.25, 0.3) is 0 Å². The maximum absolute atomic E-state index is 14.5. The van der Waals surface area contributed by atoms with Crippen molar-refractivity contribution in [2.75, 3.05) is 32.7 Å². The highest BCUT2D eigenvalue weighted by Crippen LogP contribution is 2.46. The summed E-state index contributed by atoms with van der Waals surface area (Å²) >= 11 is 0. The Hall–Kier alpha value is -2.65. The fraction of sp³-hybridized carbons (Fsp3) is 0.500. The lowest BCUT2D eigenvalue weighted by Gasteiger charge is -2.23. The first-order valence-corrected chi connectivity index (χ1v) is 11.4. The molecule has 3 heterocycles. The van der Waals surface area contributed by atoms with Crippen LogP contribution in [-0.4, -0.2) is 54.6 Å². The second kappa shape index (κ2) is 8.95. The molecule has 1 spiro atoms. The standard InChI is InChI=1S/C24H27F3N4O2/c25-16-8-18(22(19(26)9-16)33-12-15-2-1-5-29-23(15)27)17-10-20(17)30-11-21(32)31-7-4-24(14-31)3-6-28-13-24/h1-2,5,8-9,17,20,28,30H,3-4,6-7,10-14H2/t17-,20+,24?/m0/s1. The molecule has 3 aliphatic rings. The van der Waals surface area contributed by atoms with Crippen molar-refractivity contribution < 1.29 is 22.7 Å². The number of hydrogen-bond acceptors (Lipinski definition) is 5. The van der Waals surface area contributed by atoms with Crippen molar-refractivity contribution in [2.45, 2.75) is 37.8 Å². The Bertz CT molecular complexity index is 1040. The first kappa shape index (κ1) is 22.2. The molecule has 0 radical (unpaired) electrons. The molecular formula is C24H27F3N4O2. The van der Waals surface area contributed by atoms with Crippen molar-refractivity contribution in [3.8, 4) is 5.75 Å². The van der Waals surface area contributed by atoms with Gasteiger partial charge in [0.15, 0.2) is 11.6 Å². The van der Waals surface area contributed by atoms with Gasteiger partial charge in [-0.3, -0.25) is 4.79 Å². The number of amides is 1. The first-order chi connectivity index (χ1) is 15.9. The Morgan fingerprint density at radius 1 is 1.30 bits per heavy atom. The summed E-state index contributed by atoms with van der Waals surface area (Å²) in [4.78, 5) is 18.2. The van der Waals surface area contributed by atoms with Crippen LogP contribution >= 0.6 is 0 Å². The van der Waals surface area contributed by atoms with E-state index in [2.05, 4.69) is 15.6 Å². The number of aromatic nitrogens is 1. The minimum absolute atomic E-state index is 0.0541. The van der Waals surface area contributed by atoms with Crippen LogP contribution in [0, 0.1) is 23.0 Å². The quantitative estimate of drug-likeness (QED) is 0.622. The largest absolute Gasteiger partial charge is 0.485 e. The number of likely N-dealkylation sites (tertiary alicyclic amines) is 1. The second-order valence-electron chi connectivity index (χ2n) is 9.37. The summed E-state index contributed by atoms with van der Waals surface area (Å²) in [6, 6.07) is 5.00. The van der Waals surface area contributed by atoms with Crippen LogP contribution in [0.3, 0.4) is 0 Å². The molecule has 3 fully saturated rings. The van der Waals surface area contributed by atoms with E-state index in [1.54, 1.807) is 6.07 Å². The Morgan fingerprint density at radius 2 is 2.18 bits per heavy atom. The molecule has 1 amide bonds. The van der Waals surface area contributed by atoms with Gasteiger partial charge in [-0.15, -0.1) is 0 Å². The fourth-order valence-electron chi connectivity index (χ4n) is 5.07. The summed E-state index contributed by atoms with van der Waals surface area (Å²) in [5.41, 5.74) is 0.791. The lowest BCUT2D eigenvalue weighted by Crippen LogP contribution is -2.39. The molecule has 1 saturated carbocycles. The number of carbonyl (C=O) groups excluding carboxylic acids is 1. The predicted molar refractivity (Wildman–Crippen MR) is 115 cm³/mol. The van der Waals surface area contributed by atoms with Gasteiger partial charge in [0.2, 0.25) is 11.9 Å². The molecule has 33 heavy (non-hydrogen) atoms. The minimum Gasteiger partial charge on any atom is -0.485 e. The number of benzene rings is 1. The van der Waals surface area contributed by atoms with Gasteiger partial charge in [-0.1, -0.05) is 0 Å². The number of pyridine rings is 1. The number of rotatable bonds is 7. The molecule has 1 unspecified atom stereocenters. The topological polar surface area (TPSA) is 66.5 Å². The third-order valence-corrected chi connectivity index (χ3v) is 7.07. The molecular weight excluding hydrogens is 433 g/mol. The molecule has 1 aromatic heterocycles. The van der Waals surface area contributed by atoms with Gasteiger partial charge < -0.3 is 20.3 Å². The zero-order valence-corrected chi connectivity index (χ0v) is 18.3. The van der Waals surface area contributed by atoms with E-state index in [-0.39, 0.29) is 47.7 Å². The van der Waals surface area contributed by atoms with Gasteiger partial charge in [0.1, 0.15) is 12.4 Å². The van der Waals surface area contributed by atoms with Gasteiger partial charge in [-0.25, -0.2) is 13.8 Å². The van der Waals surface area contributed by atoms with Gasteiger partial charge in [0.25, 0.3) is 0 Å². The van der Waals surface area contributed by atoms with E-state index in [4.69, 9.17) is 4.74 Å². The third kappa shape index (κ3) is 4.70. The van der Waals surface area contributed by atoms with Crippen molar-refractivity contribution >= 4 is 5.91 Å². The highest BCUT2D eigenvalue weighted by atomic mass is 19.1. The lowest BCUT2D eigenvalue weighted by molar-refractivity contribution is -0.129. The van der Waals surface area contributed by atoms with Crippen LogP contribution in [0.5, 0.6) is 5.75 Å². The molecule has 1 aromatic carbocycles. The Balaban J connectivity index is 1.20. The van der Waals surface area contributed by atoms with E-state index >= 15 is 0 Å². The van der Waals surface area contributed by atoms with Gasteiger partial charge >= 0.3 is 0 Å². The maximum atomic E-state index is 14.5. The molecule has 2 aromatic rings. The monoisotopic (exact) mass is 460 g/mol. The van der Waals surface area contributed by atoms with Crippen molar-refractivity contribution in [3.63, 3.8) is 0 Å². The average Bonchev–Trinajstić information content (AvgIpc) is 3.21. The van der Waals surface area contributed by atoms with Crippen LogP contribution in [-0.2, 0) is 11.4 Å². The van der Waals surface area contributed by atoms with E-state index < -0.39 is 17.6 Å². The van der Waals surface area contributed by atoms with E-state index in [0.717, 1.165) is 45.1 Å². The van der Waals surface area contributed by atoms with Gasteiger partial charge in [-0.05, 0) is 44.0 Å². The summed E-state index contributed by atoms with van der Waals surface area (Å²) < 4.78 is 47.9. The average molecular weight is 461 g/mol. The van der Waals surface area contributed by atoms with Gasteiger partial charge in [0.05, 0.1) is 6.54 Å². The molecule has 1 aliphatic carbocycles. The van der Waals surface area contributed by atoms with Crippen molar-refractivity contribution in [3.05, 3.63) is 59.2 Å². The normalized spacial score (nSPS) is 26.2. The number of halogens is 3. The Morgan fingerprint density at radius 3 is 2.97 bits per heavy atom. The number of ether oxygens (including phenoxy) is 1. The molecule has 3 atom stereocenters. The molecule has 6 nitrogen and oxygen atoms in total. The number of nitrogens with zero attached hydrogens (tertiary/aromatic N) is 2. The molecule has 2 saturated heterocycles. The van der Waals surface area contributed by atoms with Crippen LogP contribution in [0.15, 0.2) is 30.5 Å². The second-order valence-corrected chi connectivity index (χ2v) is 9.37. The third-order valence-electron chi connectivity index (χ3n) is 7.07. The van der Waals surface area contributed by atoms with Crippen LogP contribution in [0.2, 0.25) is 0 Å². The zero-order valence-electron chi connectivity index (χ0n) is 18.3. The number of hydrogen-bond donors (Lipinski definition) is 2. The first-order valence-electron chi connectivity index (χ1n) is 11.4. The highest BCUT2D eigenvalue weighted by molar-refractivity contribution is 5.78. The van der Waals surface area contributed by atoms with Crippen LogP contribution < -0.4 is 15.4 Å². The number of carbonyl (C=O) groups is 1. The van der Waals surface area contributed by atoms with E-state index in [9.17, 15) is 18.0 Å². The molecule has 176 valence electrons. The highest BCUT2D eigenvalue weighted by Gasteiger charge is 2.44. The summed E-state index contributed by atoms with van der Waals surface area (Å²) in [6.45, 7) is 3.50. The van der Waals surface area contributed by atoms with Gasteiger partial charge in [0, 0.05) is 60.4 Å². The summed E-state index contributed by atoms with van der Waals surface area (Å²) in [7, 11) is 0. The lowest BCUT2D eigenvalue weighted by atomic mass is 9.87. The SMILES string of the molecule is O=C(CN[C@@H]1C[C@H]1c1cc(F)cc(F)c1OCc1cccnc1F)N1CCC2(CCNC2)C1. The number of nitrogens with one attached hydrogen (secondary N) is 2. The smallest absolute Gasteiger partial charge is 0.236 e. The maximum Gasteiger partial charge on any atom is 0.236 e. The Labute approximate surface area is 190 Å². The molecule has 5 rings (SSSR count). The fourth-order valence-corrected chi connectivity index (χ4v) is 5.07. The van der Waals surface area contributed by atoms with E-state index in [0.29, 0.717) is 12.0 Å². The van der Waals surface area contributed by atoms with Gasteiger partial charge in [-0.2, -0.15) is 4.39 Å². The summed E-state index contributed by atoms with van der Waals surface area (Å²) in [6.07, 6.45) is 4.09. The molecule has 2 N–H and O–H groups in total. The molecule has 9 heteroatoms.